The normalized spacial score (nSPS) is 14.4. The monoisotopic (exact) mass is 452 g/mol. The quantitative estimate of drug-likeness (QED) is 0.572. The predicted octanol–water partition coefficient (Wildman–Crippen LogP) is 2.60. The zero-order chi connectivity index (χ0) is 23.7. The molecule has 3 aromatic rings. The van der Waals surface area contributed by atoms with Crippen molar-refractivity contribution in [1.82, 2.24) is 24.2 Å². The fourth-order valence-electron chi connectivity index (χ4n) is 4.31. The topological polar surface area (TPSA) is 85.5 Å². The van der Waals surface area contributed by atoms with Gasteiger partial charge in [0, 0.05) is 45.3 Å². The molecule has 0 unspecified atom stereocenters. The van der Waals surface area contributed by atoms with Crippen LogP contribution in [0.1, 0.15) is 43.2 Å². The Kier molecular flexibility index (Phi) is 6.40. The molecule has 0 aliphatic carbocycles. The second kappa shape index (κ2) is 9.25. The summed E-state index contributed by atoms with van der Waals surface area (Å²) in [5, 5.41) is 4.39. The van der Waals surface area contributed by atoms with Gasteiger partial charge in [0.2, 0.25) is 5.95 Å². The zero-order valence-electron chi connectivity index (χ0n) is 20.0. The molecule has 33 heavy (non-hydrogen) atoms. The number of amides is 1. The number of aromatic nitrogens is 4. The molecule has 1 amide bonds. The highest BCUT2D eigenvalue weighted by atomic mass is 16.5. The van der Waals surface area contributed by atoms with Gasteiger partial charge in [-0.05, 0) is 51.5 Å². The Hall–Kier alpha value is -3.36. The van der Waals surface area contributed by atoms with E-state index >= 15 is 0 Å². The van der Waals surface area contributed by atoms with Crippen molar-refractivity contribution in [3.05, 3.63) is 45.9 Å². The summed E-state index contributed by atoms with van der Waals surface area (Å²) < 4.78 is 9.03. The molecule has 0 saturated carbocycles. The molecule has 0 atom stereocenters. The highest BCUT2D eigenvalue weighted by Crippen LogP contribution is 2.21. The van der Waals surface area contributed by atoms with E-state index in [4.69, 9.17) is 9.72 Å². The summed E-state index contributed by atoms with van der Waals surface area (Å²) in [6, 6.07) is 7.29. The lowest BCUT2D eigenvalue weighted by Crippen LogP contribution is -2.50. The summed E-state index contributed by atoms with van der Waals surface area (Å²) in [6.45, 7) is 10.8. The second-order valence-electron chi connectivity index (χ2n) is 8.75. The third-order valence-electron chi connectivity index (χ3n) is 5.86. The Balaban J connectivity index is 1.53. The number of carbonyl (C=O) groups excluding carboxylic acids is 1. The van der Waals surface area contributed by atoms with Crippen LogP contribution in [0.25, 0.3) is 11.0 Å². The molecule has 1 aliphatic rings. The standard InChI is InChI=1S/C24H32N6O3/c1-6-11-30-23(32)21-20(17(4)26-27(21)5)25-24(30)29-14-12-28(13-15-29)22(31)18-7-9-19(10-8-18)33-16(2)3/h7-10,16H,6,11-15H2,1-5H3. The van der Waals surface area contributed by atoms with Gasteiger partial charge in [-0.15, -0.1) is 0 Å². The molecule has 176 valence electrons. The number of nitrogens with zero attached hydrogens (tertiary/aromatic N) is 6. The Morgan fingerprint density at radius 1 is 1.12 bits per heavy atom. The molecule has 0 radical (unpaired) electrons. The van der Waals surface area contributed by atoms with Gasteiger partial charge < -0.3 is 14.5 Å². The average Bonchev–Trinajstić information content (AvgIpc) is 3.08. The molecule has 2 aromatic heterocycles. The lowest BCUT2D eigenvalue weighted by Gasteiger charge is -2.36. The molecule has 9 nitrogen and oxygen atoms in total. The highest BCUT2D eigenvalue weighted by Gasteiger charge is 2.26. The van der Waals surface area contributed by atoms with Gasteiger partial charge in [0.25, 0.3) is 11.5 Å². The lowest BCUT2D eigenvalue weighted by molar-refractivity contribution is 0.0746. The van der Waals surface area contributed by atoms with E-state index in [1.165, 1.54) is 0 Å². The Labute approximate surface area is 193 Å². The third kappa shape index (κ3) is 4.44. The maximum atomic E-state index is 13.2. The summed E-state index contributed by atoms with van der Waals surface area (Å²) in [4.78, 5) is 35.0. The molecule has 1 aliphatic heterocycles. The van der Waals surface area contributed by atoms with Gasteiger partial charge >= 0.3 is 0 Å². The smallest absolute Gasteiger partial charge is 0.281 e. The molecule has 3 heterocycles. The van der Waals surface area contributed by atoms with E-state index in [0.29, 0.717) is 55.3 Å². The fourth-order valence-corrected chi connectivity index (χ4v) is 4.31. The number of piperazine rings is 1. The molecule has 1 aromatic carbocycles. The van der Waals surface area contributed by atoms with Crippen molar-refractivity contribution in [2.24, 2.45) is 7.05 Å². The van der Waals surface area contributed by atoms with Crippen molar-refractivity contribution in [3.8, 4) is 5.75 Å². The lowest BCUT2D eigenvalue weighted by atomic mass is 10.1. The van der Waals surface area contributed by atoms with Crippen molar-refractivity contribution >= 4 is 22.9 Å². The molecule has 9 heteroatoms. The minimum absolute atomic E-state index is 0.00297. The Morgan fingerprint density at radius 3 is 2.39 bits per heavy atom. The first-order chi connectivity index (χ1) is 15.8. The summed E-state index contributed by atoms with van der Waals surface area (Å²) in [6.07, 6.45) is 0.916. The fraction of sp³-hybridized carbons (Fsp3) is 0.500. The molecular formula is C24H32N6O3. The summed E-state index contributed by atoms with van der Waals surface area (Å²) in [5.41, 5.74) is 2.50. The Morgan fingerprint density at radius 2 is 1.79 bits per heavy atom. The van der Waals surface area contributed by atoms with Crippen molar-refractivity contribution in [2.75, 3.05) is 31.1 Å². The largest absolute Gasteiger partial charge is 0.491 e. The van der Waals surface area contributed by atoms with Gasteiger partial charge in [-0.1, -0.05) is 6.92 Å². The van der Waals surface area contributed by atoms with Crippen molar-refractivity contribution in [3.63, 3.8) is 0 Å². The second-order valence-corrected chi connectivity index (χ2v) is 8.75. The Bertz CT molecular complexity index is 1200. The van der Waals surface area contributed by atoms with Crippen LogP contribution in [0, 0.1) is 6.92 Å². The first-order valence-corrected chi connectivity index (χ1v) is 11.5. The van der Waals surface area contributed by atoms with Gasteiger partial charge in [0.05, 0.1) is 11.8 Å². The number of ether oxygens (including phenoxy) is 1. The number of rotatable bonds is 6. The van der Waals surface area contributed by atoms with E-state index in [1.54, 1.807) is 16.3 Å². The third-order valence-corrected chi connectivity index (χ3v) is 5.86. The van der Waals surface area contributed by atoms with Gasteiger partial charge in [0.15, 0.2) is 5.52 Å². The van der Waals surface area contributed by atoms with E-state index in [2.05, 4.69) is 10.00 Å². The van der Waals surface area contributed by atoms with E-state index in [9.17, 15) is 9.59 Å². The van der Waals surface area contributed by atoms with Crippen LogP contribution in [0.4, 0.5) is 5.95 Å². The predicted molar refractivity (Wildman–Crippen MR) is 128 cm³/mol. The molecule has 4 rings (SSSR count). The summed E-state index contributed by atoms with van der Waals surface area (Å²) in [7, 11) is 1.78. The number of hydrogen-bond donors (Lipinski definition) is 0. The minimum Gasteiger partial charge on any atom is -0.491 e. The molecular weight excluding hydrogens is 420 g/mol. The van der Waals surface area contributed by atoms with Crippen LogP contribution < -0.4 is 15.2 Å². The number of aryl methyl sites for hydroxylation is 2. The molecule has 1 saturated heterocycles. The zero-order valence-corrected chi connectivity index (χ0v) is 20.0. The number of fused-ring (bicyclic) bond motifs is 1. The van der Waals surface area contributed by atoms with E-state index in [1.807, 2.05) is 56.9 Å². The SMILES string of the molecule is CCCn1c(N2CCN(C(=O)c3ccc(OC(C)C)cc3)CC2)nc2c(C)nn(C)c2c1=O. The summed E-state index contributed by atoms with van der Waals surface area (Å²) in [5.74, 6) is 1.42. The number of benzene rings is 1. The van der Waals surface area contributed by atoms with Gasteiger partial charge in [-0.3, -0.25) is 18.8 Å². The van der Waals surface area contributed by atoms with Crippen LogP contribution in [0.5, 0.6) is 5.75 Å². The van der Waals surface area contributed by atoms with Crippen LogP contribution in [0.2, 0.25) is 0 Å². The number of hydrogen-bond acceptors (Lipinski definition) is 6. The van der Waals surface area contributed by atoms with E-state index in [0.717, 1.165) is 17.9 Å². The minimum atomic E-state index is -0.0674. The van der Waals surface area contributed by atoms with Crippen LogP contribution in [0.15, 0.2) is 29.1 Å². The van der Waals surface area contributed by atoms with Gasteiger partial charge in [0.1, 0.15) is 11.3 Å². The highest BCUT2D eigenvalue weighted by molar-refractivity contribution is 5.94. The van der Waals surface area contributed by atoms with Crippen molar-refractivity contribution < 1.29 is 9.53 Å². The maximum Gasteiger partial charge on any atom is 0.281 e. The van der Waals surface area contributed by atoms with Crippen molar-refractivity contribution in [2.45, 2.75) is 46.8 Å². The van der Waals surface area contributed by atoms with Crippen LogP contribution >= 0.6 is 0 Å². The molecule has 0 spiro atoms. The first kappa shape index (κ1) is 22.8. The first-order valence-electron chi connectivity index (χ1n) is 11.5. The molecule has 0 N–H and O–H groups in total. The van der Waals surface area contributed by atoms with Crippen molar-refractivity contribution in [1.29, 1.82) is 0 Å². The van der Waals surface area contributed by atoms with Crippen LogP contribution in [-0.2, 0) is 13.6 Å². The molecule has 1 fully saturated rings. The number of carbonyl (C=O) groups is 1. The summed E-state index contributed by atoms with van der Waals surface area (Å²) >= 11 is 0. The van der Waals surface area contributed by atoms with Gasteiger partial charge in [-0.2, -0.15) is 5.10 Å². The van der Waals surface area contributed by atoms with E-state index < -0.39 is 0 Å². The van der Waals surface area contributed by atoms with Crippen LogP contribution in [0.3, 0.4) is 0 Å². The number of anilines is 1. The average molecular weight is 453 g/mol. The van der Waals surface area contributed by atoms with E-state index in [-0.39, 0.29) is 17.6 Å². The molecule has 0 bridgehead atoms. The maximum absolute atomic E-state index is 13.2. The van der Waals surface area contributed by atoms with Crippen LogP contribution in [-0.4, -0.2) is 62.4 Å². The van der Waals surface area contributed by atoms with Gasteiger partial charge in [-0.25, -0.2) is 4.98 Å².